The molecular formula is C13H17NO3. The van der Waals surface area contributed by atoms with E-state index >= 15 is 0 Å². The summed E-state index contributed by atoms with van der Waals surface area (Å²) in [6.07, 6.45) is 1.60. The fourth-order valence-electron chi connectivity index (χ4n) is 2.26. The molecule has 1 aliphatic heterocycles. The third kappa shape index (κ3) is 1.95. The van der Waals surface area contributed by atoms with E-state index in [9.17, 15) is 5.21 Å². The molecule has 0 N–H and O–H groups in total. The summed E-state index contributed by atoms with van der Waals surface area (Å²) in [7, 11) is 3.21. The molecule has 17 heavy (non-hydrogen) atoms. The molecule has 0 saturated heterocycles. The van der Waals surface area contributed by atoms with Gasteiger partial charge in [-0.1, -0.05) is 0 Å². The van der Waals surface area contributed by atoms with E-state index in [0.717, 1.165) is 15.9 Å². The van der Waals surface area contributed by atoms with Gasteiger partial charge < -0.3 is 14.7 Å². The van der Waals surface area contributed by atoms with Crippen LogP contribution < -0.4 is 9.47 Å². The van der Waals surface area contributed by atoms with E-state index in [1.165, 1.54) is 0 Å². The van der Waals surface area contributed by atoms with Crippen LogP contribution in [0.2, 0.25) is 0 Å². The van der Waals surface area contributed by atoms with Crippen molar-refractivity contribution < 1.29 is 14.2 Å². The summed E-state index contributed by atoms with van der Waals surface area (Å²) in [6, 6.07) is 3.80. The largest absolute Gasteiger partial charge is 0.624 e. The zero-order valence-corrected chi connectivity index (χ0v) is 10.6. The van der Waals surface area contributed by atoms with Crippen LogP contribution in [0.4, 0.5) is 0 Å². The van der Waals surface area contributed by atoms with Crippen molar-refractivity contribution in [3.8, 4) is 11.5 Å². The van der Waals surface area contributed by atoms with E-state index in [1.807, 2.05) is 12.1 Å². The summed E-state index contributed by atoms with van der Waals surface area (Å²) in [6.45, 7) is 4.56. The molecule has 0 bridgehead atoms. The fraction of sp³-hybridized carbons (Fsp3) is 0.462. The normalized spacial score (nSPS) is 17.1. The minimum Gasteiger partial charge on any atom is -0.624 e. The van der Waals surface area contributed by atoms with Gasteiger partial charge in [-0.3, -0.25) is 0 Å². The number of hydroxylamine groups is 1. The van der Waals surface area contributed by atoms with Gasteiger partial charge in [0.2, 0.25) is 0 Å². The topological polar surface area (TPSA) is 44.5 Å². The second-order valence-electron chi connectivity index (χ2n) is 4.88. The Hall–Kier alpha value is -1.71. The van der Waals surface area contributed by atoms with E-state index in [4.69, 9.17) is 9.47 Å². The Labute approximate surface area is 101 Å². The third-order valence-corrected chi connectivity index (χ3v) is 3.12. The predicted molar refractivity (Wildman–Crippen MR) is 66.2 cm³/mol. The minimum atomic E-state index is -0.189. The molecule has 1 aromatic carbocycles. The van der Waals surface area contributed by atoms with Gasteiger partial charge in [-0.25, -0.2) is 4.74 Å². The molecule has 0 fully saturated rings. The van der Waals surface area contributed by atoms with E-state index in [1.54, 1.807) is 20.4 Å². The van der Waals surface area contributed by atoms with Crippen LogP contribution in [0.25, 0.3) is 0 Å². The van der Waals surface area contributed by atoms with Crippen molar-refractivity contribution in [2.45, 2.75) is 19.3 Å². The molecule has 92 valence electrons. The molecular weight excluding hydrogens is 218 g/mol. The lowest BCUT2D eigenvalue weighted by atomic mass is 9.80. The molecule has 1 aromatic rings. The Morgan fingerprint density at radius 2 is 1.76 bits per heavy atom. The van der Waals surface area contributed by atoms with E-state index in [-0.39, 0.29) is 5.41 Å². The standard InChI is InChI=1S/C13H17NO3/c1-13(2)8-14(15)7-9-5-11(16-3)12(17-4)6-10(9)13/h5-7H,8H2,1-4H3. The Morgan fingerprint density at radius 1 is 1.18 bits per heavy atom. The molecule has 1 aliphatic rings. The van der Waals surface area contributed by atoms with Crippen LogP contribution in [0, 0.1) is 5.21 Å². The van der Waals surface area contributed by atoms with Crippen LogP contribution in [0.1, 0.15) is 25.0 Å². The summed E-state index contributed by atoms with van der Waals surface area (Å²) in [5.74, 6) is 1.35. The number of methoxy groups -OCH3 is 2. The Kier molecular flexibility index (Phi) is 2.73. The van der Waals surface area contributed by atoms with Crippen molar-refractivity contribution in [3.63, 3.8) is 0 Å². The molecule has 4 nitrogen and oxygen atoms in total. The SMILES string of the molecule is COc1cc2c(cc1OC)C(C)(C)C[N+]([O-])=C2. The lowest BCUT2D eigenvalue weighted by Gasteiger charge is -2.29. The van der Waals surface area contributed by atoms with Gasteiger partial charge in [0.25, 0.3) is 0 Å². The second kappa shape index (κ2) is 3.95. The summed E-state index contributed by atoms with van der Waals surface area (Å²) < 4.78 is 11.5. The molecule has 1 heterocycles. The van der Waals surface area contributed by atoms with E-state index in [0.29, 0.717) is 18.0 Å². The number of hydrogen-bond donors (Lipinski definition) is 0. The monoisotopic (exact) mass is 235 g/mol. The summed E-state index contributed by atoms with van der Waals surface area (Å²) in [4.78, 5) is 0. The highest BCUT2D eigenvalue weighted by Gasteiger charge is 2.32. The number of nitrogens with zero attached hydrogens (tertiary/aromatic N) is 1. The first-order valence-electron chi connectivity index (χ1n) is 5.53. The summed E-state index contributed by atoms with van der Waals surface area (Å²) in [5.41, 5.74) is 1.82. The molecule has 0 saturated carbocycles. The van der Waals surface area contributed by atoms with Crippen molar-refractivity contribution in [2.75, 3.05) is 20.8 Å². The Morgan fingerprint density at radius 3 is 2.35 bits per heavy atom. The second-order valence-corrected chi connectivity index (χ2v) is 4.88. The molecule has 0 unspecified atom stereocenters. The van der Waals surface area contributed by atoms with Crippen molar-refractivity contribution in [1.29, 1.82) is 0 Å². The van der Waals surface area contributed by atoms with Crippen LogP contribution in [0.3, 0.4) is 0 Å². The number of ether oxygens (including phenoxy) is 2. The van der Waals surface area contributed by atoms with Crippen LogP contribution in [0.15, 0.2) is 12.1 Å². The van der Waals surface area contributed by atoms with Crippen molar-refractivity contribution in [1.82, 2.24) is 0 Å². The molecule has 2 rings (SSSR count). The van der Waals surface area contributed by atoms with Crippen LogP contribution in [0.5, 0.6) is 11.5 Å². The van der Waals surface area contributed by atoms with Crippen molar-refractivity contribution in [3.05, 3.63) is 28.5 Å². The van der Waals surface area contributed by atoms with Gasteiger partial charge in [0.15, 0.2) is 24.3 Å². The van der Waals surface area contributed by atoms with Crippen LogP contribution in [-0.2, 0) is 5.41 Å². The lowest BCUT2D eigenvalue weighted by molar-refractivity contribution is -0.464. The van der Waals surface area contributed by atoms with Gasteiger partial charge in [0.1, 0.15) is 0 Å². The highest BCUT2D eigenvalue weighted by atomic mass is 16.5. The average Bonchev–Trinajstić information content (AvgIpc) is 2.26. The summed E-state index contributed by atoms with van der Waals surface area (Å²) in [5, 5.41) is 11.6. The van der Waals surface area contributed by atoms with Gasteiger partial charge in [-0.05, 0) is 31.5 Å². The molecule has 0 aliphatic carbocycles. The van der Waals surface area contributed by atoms with Gasteiger partial charge in [-0.15, -0.1) is 0 Å². The third-order valence-electron chi connectivity index (χ3n) is 3.12. The van der Waals surface area contributed by atoms with E-state index in [2.05, 4.69) is 13.8 Å². The first kappa shape index (κ1) is 11.8. The maximum absolute atomic E-state index is 11.6. The van der Waals surface area contributed by atoms with Gasteiger partial charge in [0.05, 0.1) is 19.6 Å². The average molecular weight is 235 g/mol. The molecule has 0 atom stereocenters. The molecule has 0 spiro atoms. The molecule has 4 heteroatoms. The first-order valence-corrected chi connectivity index (χ1v) is 5.53. The molecule has 0 aromatic heterocycles. The predicted octanol–water partition coefficient (Wildman–Crippen LogP) is 1.92. The zero-order chi connectivity index (χ0) is 12.6. The smallest absolute Gasteiger partial charge is 0.182 e. The van der Waals surface area contributed by atoms with Gasteiger partial charge in [-0.2, -0.15) is 0 Å². The highest BCUT2D eigenvalue weighted by molar-refractivity contribution is 5.81. The maximum atomic E-state index is 11.6. The number of fused-ring (bicyclic) bond motifs is 1. The highest BCUT2D eigenvalue weighted by Crippen LogP contribution is 2.37. The quantitative estimate of drug-likeness (QED) is 0.581. The molecule has 0 amide bonds. The Bertz CT molecular complexity index is 478. The maximum Gasteiger partial charge on any atom is 0.182 e. The first-order chi connectivity index (χ1) is 7.97. The van der Waals surface area contributed by atoms with Crippen LogP contribution >= 0.6 is 0 Å². The van der Waals surface area contributed by atoms with Gasteiger partial charge in [0, 0.05) is 5.56 Å². The van der Waals surface area contributed by atoms with Gasteiger partial charge >= 0.3 is 0 Å². The minimum absolute atomic E-state index is 0.189. The Balaban J connectivity index is 2.64. The lowest BCUT2D eigenvalue weighted by Crippen LogP contribution is -2.34. The fourth-order valence-corrected chi connectivity index (χ4v) is 2.26. The number of rotatable bonds is 2. The summed E-state index contributed by atoms with van der Waals surface area (Å²) >= 11 is 0. The zero-order valence-electron chi connectivity index (χ0n) is 10.6. The number of benzene rings is 1. The van der Waals surface area contributed by atoms with Crippen molar-refractivity contribution in [2.24, 2.45) is 0 Å². The molecule has 0 radical (unpaired) electrons. The van der Waals surface area contributed by atoms with Crippen LogP contribution in [-0.4, -0.2) is 31.7 Å². The van der Waals surface area contributed by atoms with Crippen molar-refractivity contribution >= 4 is 6.21 Å². The van der Waals surface area contributed by atoms with E-state index < -0.39 is 0 Å². The number of hydrogen-bond acceptors (Lipinski definition) is 3.